The number of benzene rings is 1. The zero-order valence-electron chi connectivity index (χ0n) is 10.3. The molecule has 0 fully saturated rings. The molecular weight excluding hydrogens is 216 g/mol. The van der Waals surface area contributed by atoms with Gasteiger partial charge in [-0.15, -0.1) is 0 Å². The Bertz CT molecular complexity index is 436. The van der Waals surface area contributed by atoms with Gasteiger partial charge in [-0.05, 0) is 44.9 Å². The fourth-order valence-electron chi connectivity index (χ4n) is 1.66. The van der Waals surface area contributed by atoms with Crippen LogP contribution in [0.2, 0.25) is 0 Å². The lowest BCUT2D eigenvalue weighted by molar-refractivity contribution is 0.741. The fraction of sp³-hybridized carbons (Fsp3) is 0.462. The predicted octanol–water partition coefficient (Wildman–Crippen LogP) is 3.60. The summed E-state index contributed by atoms with van der Waals surface area (Å²) >= 11 is 1.82. The first-order valence-corrected chi connectivity index (χ1v) is 6.36. The maximum absolute atomic E-state index is 4.52. The van der Waals surface area contributed by atoms with Gasteiger partial charge in [0.05, 0.1) is 6.54 Å². The van der Waals surface area contributed by atoms with E-state index in [2.05, 4.69) is 56.2 Å². The molecule has 0 spiro atoms. The number of aryl methyl sites for hydroxylation is 1. The quantitative estimate of drug-likeness (QED) is 0.803. The summed E-state index contributed by atoms with van der Waals surface area (Å²) in [5.41, 5.74) is 3.78. The van der Waals surface area contributed by atoms with Gasteiger partial charge in [-0.3, -0.25) is 4.99 Å². The van der Waals surface area contributed by atoms with Crippen molar-refractivity contribution in [2.45, 2.75) is 32.4 Å². The first-order valence-electron chi connectivity index (χ1n) is 5.55. The number of anilines is 1. The Morgan fingerprint density at radius 1 is 1.31 bits per heavy atom. The van der Waals surface area contributed by atoms with E-state index in [0.29, 0.717) is 0 Å². The van der Waals surface area contributed by atoms with E-state index in [1.807, 2.05) is 11.8 Å². The van der Waals surface area contributed by atoms with Crippen LogP contribution < -0.4 is 5.32 Å². The summed E-state index contributed by atoms with van der Waals surface area (Å²) in [4.78, 5) is 4.52. The average Bonchev–Trinajstić information content (AvgIpc) is 2.53. The highest BCUT2D eigenvalue weighted by molar-refractivity contribution is 8.15. The summed E-state index contributed by atoms with van der Waals surface area (Å²) in [5.74, 6) is 0. The van der Waals surface area contributed by atoms with E-state index in [9.17, 15) is 0 Å². The van der Waals surface area contributed by atoms with Crippen molar-refractivity contribution in [2.24, 2.45) is 4.99 Å². The lowest BCUT2D eigenvalue weighted by Gasteiger charge is -2.15. The maximum atomic E-state index is 4.52. The van der Waals surface area contributed by atoms with Gasteiger partial charge in [0.2, 0.25) is 0 Å². The van der Waals surface area contributed by atoms with Crippen molar-refractivity contribution < 1.29 is 0 Å². The molecule has 2 rings (SSSR count). The number of nitrogens with zero attached hydrogens (tertiary/aromatic N) is 1. The number of hydrogen-bond acceptors (Lipinski definition) is 3. The van der Waals surface area contributed by atoms with Crippen molar-refractivity contribution in [3.63, 3.8) is 0 Å². The van der Waals surface area contributed by atoms with Gasteiger partial charge in [-0.2, -0.15) is 0 Å². The molecule has 0 aromatic heterocycles. The van der Waals surface area contributed by atoms with Gasteiger partial charge in [0, 0.05) is 10.4 Å². The second kappa shape index (κ2) is 4.13. The van der Waals surface area contributed by atoms with Crippen molar-refractivity contribution in [2.75, 3.05) is 11.9 Å². The number of thioether (sulfide) groups is 1. The minimum absolute atomic E-state index is 0.236. The monoisotopic (exact) mass is 234 g/mol. The van der Waals surface area contributed by atoms with Crippen LogP contribution in [0.4, 0.5) is 5.69 Å². The van der Waals surface area contributed by atoms with Crippen molar-refractivity contribution in [1.29, 1.82) is 0 Å². The van der Waals surface area contributed by atoms with Gasteiger partial charge >= 0.3 is 0 Å². The maximum Gasteiger partial charge on any atom is 0.161 e. The second-order valence-electron chi connectivity index (χ2n) is 4.86. The van der Waals surface area contributed by atoms with Crippen molar-refractivity contribution in [3.05, 3.63) is 29.3 Å². The number of nitrogens with one attached hydrogen (secondary N) is 1. The number of hydrogen-bond donors (Lipinski definition) is 1. The lowest BCUT2D eigenvalue weighted by Crippen LogP contribution is -2.16. The minimum atomic E-state index is 0.236. The Kier molecular flexibility index (Phi) is 2.98. The molecule has 1 aromatic rings. The van der Waals surface area contributed by atoms with Crippen LogP contribution in [-0.2, 0) is 0 Å². The lowest BCUT2D eigenvalue weighted by atomic mass is 10.1. The first kappa shape index (κ1) is 11.5. The average molecular weight is 234 g/mol. The molecule has 3 heteroatoms. The second-order valence-corrected chi connectivity index (χ2v) is 6.55. The third kappa shape index (κ3) is 2.40. The zero-order valence-corrected chi connectivity index (χ0v) is 11.1. The molecule has 0 bridgehead atoms. The Morgan fingerprint density at radius 2 is 2.06 bits per heavy atom. The van der Waals surface area contributed by atoms with Crippen LogP contribution >= 0.6 is 11.8 Å². The molecule has 1 heterocycles. The van der Waals surface area contributed by atoms with Crippen molar-refractivity contribution >= 4 is 22.6 Å². The molecule has 2 nitrogen and oxygen atoms in total. The van der Waals surface area contributed by atoms with E-state index in [0.717, 1.165) is 11.7 Å². The molecule has 0 saturated heterocycles. The largest absolute Gasteiger partial charge is 0.335 e. The molecule has 0 radical (unpaired) electrons. The molecule has 0 atom stereocenters. The van der Waals surface area contributed by atoms with Crippen LogP contribution in [-0.4, -0.2) is 16.5 Å². The zero-order chi connectivity index (χ0) is 11.8. The van der Waals surface area contributed by atoms with Crippen LogP contribution in [0.5, 0.6) is 0 Å². The molecule has 0 unspecified atom stereocenters. The first-order chi connectivity index (χ1) is 7.48. The van der Waals surface area contributed by atoms with E-state index in [1.165, 1.54) is 16.8 Å². The third-order valence-electron chi connectivity index (χ3n) is 2.82. The van der Waals surface area contributed by atoms with Crippen molar-refractivity contribution in [1.82, 2.24) is 0 Å². The molecule has 1 aliphatic heterocycles. The highest BCUT2D eigenvalue weighted by atomic mass is 32.2. The summed E-state index contributed by atoms with van der Waals surface area (Å²) in [6.07, 6.45) is 0. The molecule has 1 aliphatic rings. The van der Waals surface area contributed by atoms with E-state index in [1.54, 1.807) is 0 Å². The number of amidine groups is 1. The number of rotatable bonds is 1. The molecule has 0 aliphatic carbocycles. The third-order valence-corrected chi connectivity index (χ3v) is 3.93. The summed E-state index contributed by atoms with van der Waals surface area (Å²) in [6.45, 7) is 9.61. The van der Waals surface area contributed by atoms with E-state index in [4.69, 9.17) is 0 Å². The summed E-state index contributed by atoms with van der Waals surface area (Å²) in [7, 11) is 0. The normalized spacial score (nSPS) is 18.4. The van der Waals surface area contributed by atoms with E-state index < -0.39 is 0 Å². The highest BCUT2D eigenvalue weighted by Crippen LogP contribution is 2.32. The Morgan fingerprint density at radius 3 is 2.69 bits per heavy atom. The Labute approximate surface area is 102 Å². The highest BCUT2D eigenvalue weighted by Gasteiger charge is 2.27. The van der Waals surface area contributed by atoms with E-state index in [-0.39, 0.29) is 4.75 Å². The summed E-state index contributed by atoms with van der Waals surface area (Å²) in [5, 5.41) is 4.46. The van der Waals surface area contributed by atoms with Crippen LogP contribution in [0, 0.1) is 13.8 Å². The Balaban J connectivity index is 2.14. The van der Waals surface area contributed by atoms with Crippen LogP contribution in [0.3, 0.4) is 0 Å². The van der Waals surface area contributed by atoms with Crippen LogP contribution in [0.25, 0.3) is 0 Å². The predicted molar refractivity (Wildman–Crippen MR) is 73.5 cm³/mol. The SMILES string of the molecule is Cc1cccc(NC2=NCC(C)(C)S2)c1C. The van der Waals surface area contributed by atoms with Gasteiger partial charge in [-0.25, -0.2) is 0 Å². The molecule has 86 valence electrons. The molecular formula is C13H18N2S. The number of aliphatic imine (C=N–C) groups is 1. The molecule has 1 N–H and O–H groups in total. The fourth-order valence-corrected chi connectivity index (χ4v) is 2.60. The Hall–Kier alpha value is -0.960. The van der Waals surface area contributed by atoms with Gasteiger partial charge in [0.1, 0.15) is 0 Å². The van der Waals surface area contributed by atoms with Gasteiger partial charge in [0.25, 0.3) is 0 Å². The summed E-state index contributed by atoms with van der Waals surface area (Å²) in [6, 6.07) is 6.32. The molecule has 1 aromatic carbocycles. The molecule has 0 saturated carbocycles. The van der Waals surface area contributed by atoms with E-state index >= 15 is 0 Å². The topological polar surface area (TPSA) is 24.4 Å². The molecule has 16 heavy (non-hydrogen) atoms. The van der Waals surface area contributed by atoms with Crippen LogP contribution in [0.1, 0.15) is 25.0 Å². The van der Waals surface area contributed by atoms with Gasteiger partial charge in [0.15, 0.2) is 5.17 Å². The van der Waals surface area contributed by atoms with Gasteiger partial charge in [-0.1, -0.05) is 23.9 Å². The molecule has 0 amide bonds. The summed E-state index contributed by atoms with van der Waals surface area (Å²) < 4.78 is 0.236. The van der Waals surface area contributed by atoms with Crippen LogP contribution in [0.15, 0.2) is 23.2 Å². The van der Waals surface area contributed by atoms with Crippen molar-refractivity contribution in [3.8, 4) is 0 Å². The minimum Gasteiger partial charge on any atom is -0.335 e. The standard InChI is InChI=1S/C13H18N2S/c1-9-6-5-7-11(10(9)2)15-12-14-8-13(3,4)16-12/h5-7H,8H2,1-4H3,(H,14,15). The van der Waals surface area contributed by atoms with Gasteiger partial charge < -0.3 is 5.32 Å². The smallest absolute Gasteiger partial charge is 0.161 e.